The molecule has 1 saturated carbocycles. The van der Waals surface area contributed by atoms with Crippen LogP contribution in [0.25, 0.3) is 0 Å². The monoisotopic (exact) mass is 279 g/mol. The number of carbonyl (C=O) groups excluding carboxylic acids is 1. The highest BCUT2D eigenvalue weighted by Gasteiger charge is 2.19. The van der Waals surface area contributed by atoms with E-state index in [0.717, 1.165) is 25.7 Å². The molecule has 2 rings (SSSR count). The molecule has 1 heterocycles. The average molecular weight is 279 g/mol. The molecule has 0 unspecified atom stereocenters. The molecule has 4 N–H and O–H groups in total. The van der Waals surface area contributed by atoms with E-state index < -0.39 is 0 Å². The number of rotatable bonds is 4. The number of carbonyl (C=O) groups is 1. The zero-order chi connectivity index (χ0) is 14.5. The van der Waals surface area contributed by atoms with E-state index in [1.54, 1.807) is 0 Å². The molecule has 1 amide bonds. The first-order chi connectivity index (χ1) is 9.54. The van der Waals surface area contributed by atoms with Crippen molar-refractivity contribution in [2.75, 3.05) is 12.3 Å². The molecule has 1 aromatic heterocycles. The first-order valence-electron chi connectivity index (χ1n) is 6.95. The molecule has 0 aliphatic heterocycles. The van der Waals surface area contributed by atoms with E-state index in [2.05, 4.69) is 5.32 Å². The molecule has 0 saturated heterocycles. The van der Waals surface area contributed by atoms with Crippen molar-refractivity contribution in [1.82, 2.24) is 9.88 Å². The second-order valence-corrected chi connectivity index (χ2v) is 5.41. The number of nitrogen functional groups attached to an aromatic ring is 1. The Bertz CT molecular complexity index is 519. The summed E-state index contributed by atoms with van der Waals surface area (Å²) in [5, 5.41) is 12.3. The number of aliphatic hydroxyl groups is 1. The number of hydrogen-bond donors (Lipinski definition) is 3. The first-order valence-corrected chi connectivity index (χ1v) is 6.95. The highest BCUT2D eigenvalue weighted by Crippen LogP contribution is 2.23. The van der Waals surface area contributed by atoms with E-state index in [1.165, 1.54) is 22.9 Å². The van der Waals surface area contributed by atoms with E-state index >= 15 is 0 Å². The number of pyridine rings is 1. The van der Waals surface area contributed by atoms with Gasteiger partial charge >= 0.3 is 0 Å². The van der Waals surface area contributed by atoms with Crippen LogP contribution in [-0.2, 0) is 11.3 Å². The lowest BCUT2D eigenvalue weighted by molar-refractivity contribution is -0.122. The topological polar surface area (TPSA) is 97.4 Å². The molecule has 1 aliphatic carbocycles. The fraction of sp³-hybridized carbons (Fsp3) is 0.571. The predicted molar refractivity (Wildman–Crippen MR) is 76.1 cm³/mol. The summed E-state index contributed by atoms with van der Waals surface area (Å²) in [5.41, 5.74) is 5.81. The summed E-state index contributed by atoms with van der Waals surface area (Å²) in [7, 11) is 0. The third-order valence-electron chi connectivity index (χ3n) is 3.72. The van der Waals surface area contributed by atoms with Crippen LogP contribution in [0, 0.1) is 5.92 Å². The zero-order valence-electron chi connectivity index (χ0n) is 11.4. The summed E-state index contributed by atoms with van der Waals surface area (Å²) < 4.78 is 1.30. The molecule has 0 aromatic carbocycles. The van der Waals surface area contributed by atoms with Crippen molar-refractivity contribution in [2.24, 2.45) is 5.92 Å². The highest BCUT2D eigenvalue weighted by atomic mass is 16.3. The van der Waals surface area contributed by atoms with Crippen molar-refractivity contribution in [2.45, 2.75) is 38.3 Å². The van der Waals surface area contributed by atoms with Gasteiger partial charge < -0.3 is 20.7 Å². The van der Waals surface area contributed by atoms with Gasteiger partial charge in [0.1, 0.15) is 6.54 Å². The Morgan fingerprint density at radius 3 is 2.75 bits per heavy atom. The van der Waals surface area contributed by atoms with Crippen LogP contribution in [-0.4, -0.2) is 28.2 Å². The van der Waals surface area contributed by atoms with Crippen LogP contribution < -0.4 is 16.6 Å². The highest BCUT2D eigenvalue weighted by molar-refractivity contribution is 5.75. The number of aromatic nitrogens is 1. The molecular weight excluding hydrogens is 258 g/mol. The number of nitrogens with one attached hydrogen (secondary N) is 1. The van der Waals surface area contributed by atoms with Crippen LogP contribution in [0.1, 0.15) is 25.7 Å². The van der Waals surface area contributed by atoms with Gasteiger partial charge in [0, 0.05) is 24.5 Å². The number of nitrogens with two attached hydrogens (primary N) is 1. The minimum Gasteiger partial charge on any atom is -0.398 e. The molecule has 0 spiro atoms. The van der Waals surface area contributed by atoms with Gasteiger partial charge in [-0.05, 0) is 37.7 Å². The Kier molecular flexibility index (Phi) is 4.79. The van der Waals surface area contributed by atoms with Crippen LogP contribution >= 0.6 is 0 Å². The fourth-order valence-corrected chi connectivity index (χ4v) is 2.49. The number of hydrogen-bond acceptors (Lipinski definition) is 4. The quantitative estimate of drug-likeness (QED) is 0.728. The molecule has 110 valence electrons. The number of nitrogens with zero attached hydrogens (tertiary/aromatic N) is 1. The minimum atomic E-state index is -0.241. The smallest absolute Gasteiger partial charge is 0.251 e. The van der Waals surface area contributed by atoms with E-state index in [-0.39, 0.29) is 24.1 Å². The Balaban J connectivity index is 1.81. The molecule has 0 bridgehead atoms. The van der Waals surface area contributed by atoms with Crippen LogP contribution in [0.4, 0.5) is 5.69 Å². The summed E-state index contributed by atoms with van der Waals surface area (Å²) >= 11 is 0. The van der Waals surface area contributed by atoms with Crippen LogP contribution in [0.5, 0.6) is 0 Å². The van der Waals surface area contributed by atoms with Crippen molar-refractivity contribution in [3.05, 3.63) is 28.7 Å². The Labute approximate surface area is 117 Å². The van der Waals surface area contributed by atoms with Gasteiger partial charge in [-0.1, -0.05) is 0 Å². The zero-order valence-corrected chi connectivity index (χ0v) is 11.4. The lowest BCUT2D eigenvalue weighted by Gasteiger charge is -2.25. The maximum atomic E-state index is 11.8. The van der Waals surface area contributed by atoms with E-state index in [9.17, 15) is 14.7 Å². The largest absolute Gasteiger partial charge is 0.398 e. The van der Waals surface area contributed by atoms with Crippen LogP contribution in [0.3, 0.4) is 0 Å². The normalized spacial score (nSPS) is 22.4. The summed E-state index contributed by atoms with van der Waals surface area (Å²) in [6.07, 6.45) is 4.75. The van der Waals surface area contributed by atoms with Gasteiger partial charge in [0.05, 0.1) is 6.10 Å². The van der Waals surface area contributed by atoms with Gasteiger partial charge in [0.15, 0.2) is 0 Å². The van der Waals surface area contributed by atoms with Crippen LogP contribution in [0.15, 0.2) is 23.1 Å². The van der Waals surface area contributed by atoms with Crippen molar-refractivity contribution in [3.63, 3.8) is 0 Å². The summed E-state index contributed by atoms with van der Waals surface area (Å²) in [6.45, 7) is 0.585. The van der Waals surface area contributed by atoms with Gasteiger partial charge in [-0.2, -0.15) is 0 Å². The summed E-state index contributed by atoms with van der Waals surface area (Å²) in [6, 6.07) is 2.87. The SMILES string of the molecule is Nc1ccc(=O)n(CC(=O)NCC2CCC(O)CC2)c1. The van der Waals surface area contributed by atoms with E-state index in [0.29, 0.717) is 18.2 Å². The maximum absolute atomic E-state index is 11.8. The van der Waals surface area contributed by atoms with Gasteiger partial charge in [-0.25, -0.2) is 0 Å². The van der Waals surface area contributed by atoms with Gasteiger partial charge in [0.2, 0.25) is 5.91 Å². The number of aliphatic hydroxyl groups excluding tert-OH is 1. The van der Waals surface area contributed by atoms with Gasteiger partial charge in [-0.15, -0.1) is 0 Å². The maximum Gasteiger partial charge on any atom is 0.251 e. The van der Waals surface area contributed by atoms with Crippen molar-refractivity contribution < 1.29 is 9.90 Å². The first kappa shape index (κ1) is 14.6. The second kappa shape index (κ2) is 6.56. The molecule has 20 heavy (non-hydrogen) atoms. The Hall–Kier alpha value is -1.82. The molecule has 6 nitrogen and oxygen atoms in total. The molecule has 0 atom stereocenters. The average Bonchev–Trinajstić information content (AvgIpc) is 2.42. The third-order valence-corrected chi connectivity index (χ3v) is 3.72. The Morgan fingerprint density at radius 2 is 2.05 bits per heavy atom. The molecule has 0 radical (unpaired) electrons. The van der Waals surface area contributed by atoms with E-state index in [1.807, 2.05) is 0 Å². The van der Waals surface area contributed by atoms with Crippen molar-refractivity contribution in [3.8, 4) is 0 Å². The molecule has 6 heteroatoms. The van der Waals surface area contributed by atoms with Crippen molar-refractivity contribution >= 4 is 11.6 Å². The minimum absolute atomic E-state index is 0.0147. The third kappa shape index (κ3) is 4.09. The fourth-order valence-electron chi connectivity index (χ4n) is 2.49. The van der Waals surface area contributed by atoms with Gasteiger partial charge in [-0.3, -0.25) is 9.59 Å². The predicted octanol–water partition coefficient (Wildman–Crippen LogP) is 0.0978. The number of amides is 1. The molecular formula is C14H21N3O3. The lowest BCUT2D eigenvalue weighted by atomic mass is 9.87. The number of anilines is 1. The summed E-state index contributed by atoms with van der Waals surface area (Å²) in [4.78, 5) is 23.4. The van der Waals surface area contributed by atoms with Crippen molar-refractivity contribution in [1.29, 1.82) is 0 Å². The molecule has 1 aromatic rings. The molecule has 1 aliphatic rings. The van der Waals surface area contributed by atoms with Crippen LogP contribution in [0.2, 0.25) is 0 Å². The second-order valence-electron chi connectivity index (χ2n) is 5.41. The molecule has 1 fully saturated rings. The Morgan fingerprint density at radius 1 is 1.35 bits per heavy atom. The standard InChI is InChI=1S/C14H21N3O3/c15-11-3-6-14(20)17(8-11)9-13(19)16-7-10-1-4-12(18)5-2-10/h3,6,8,10,12,18H,1-2,4-5,7,9,15H2,(H,16,19). The summed E-state index contributed by atoms with van der Waals surface area (Å²) in [5.74, 6) is 0.226. The lowest BCUT2D eigenvalue weighted by Crippen LogP contribution is -2.36. The van der Waals surface area contributed by atoms with E-state index in [4.69, 9.17) is 5.73 Å². The van der Waals surface area contributed by atoms with Gasteiger partial charge in [0.25, 0.3) is 5.56 Å².